The number of aromatic amines is 1. The van der Waals surface area contributed by atoms with E-state index in [0.717, 1.165) is 56.8 Å². The van der Waals surface area contributed by atoms with Gasteiger partial charge in [0.05, 0.1) is 6.61 Å². The van der Waals surface area contributed by atoms with Crippen LogP contribution < -0.4 is 0 Å². The number of aliphatic hydroxyl groups excluding tert-OH is 1. The van der Waals surface area contributed by atoms with Crippen molar-refractivity contribution in [1.82, 2.24) is 19.8 Å². The van der Waals surface area contributed by atoms with Crippen molar-refractivity contribution in [3.8, 4) is 0 Å². The van der Waals surface area contributed by atoms with Crippen molar-refractivity contribution in [3.63, 3.8) is 0 Å². The van der Waals surface area contributed by atoms with Crippen LogP contribution in [0.4, 0.5) is 0 Å². The van der Waals surface area contributed by atoms with Gasteiger partial charge in [-0.25, -0.2) is 4.98 Å². The van der Waals surface area contributed by atoms with E-state index in [1.165, 1.54) is 6.42 Å². The van der Waals surface area contributed by atoms with E-state index in [-0.39, 0.29) is 18.1 Å². The van der Waals surface area contributed by atoms with Gasteiger partial charge in [-0.1, -0.05) is 13.3 Å². The Morgan fingerprint density at radius 3 is 3.00 bits per heavy atom. The average Bonchev–Trinajstić information content (AvgIpc) is 3.16. The minimum Gasteiger partial charge on any atom is -0.394 e. The first-order valence-electron chi connectivity index (χ1n) is 9.62. The van der Waals surface area contributed by atoms with Gasteiger partial charge in [0.1, 0.15) is 5.82 Å². The predicted octanol–water partition coefficient (Wildman–Crippen LogP) is 1.95. The Bertz CT molecular complexity index is 602. The summed E-state index contributed by atoms with van der Waals surface area (Å²) in [5, 5.41) is 10.1. The highest BCUT2D eigenvalue weighted by molar-refractivity contribution is 5.73. The second kappa shape index (κ2) is 7.46. The van der Waals surface area contributed by atoms with Gasteiger partial charge in [-0.3, -0.25) is 9.69 Å². The summed E-state index contributed by atoms with van der Waals surface area (Å²) in [6.45, 7) is 8.57. The standard InChI is InChI=1S/C19H32N4O2/c1-4-5-6-18-20-10-16(21-18)12-23-17-7-8-22(14(2)25)11-15(17)9-19(23,3)13-24/h10,15,17,24H,4-9,11-13H2,1-3H3,(H,20,21)/t15-,17-,19+/m0/s1. The number of imidazole rings is 1. The van der Waals surface area contributed by atoms with Crippen molar-refractivity contribution in [1.29, 1.82) is 0 Å². The number of aryl methyl sites for hydroxylation is 1. The molecule has 6 nitrogen and oxygen atoms in total. The third-order valence-corrected chi connectivity index (χ3v) is 6.06. The van der Waals surface area contributed by atoms with Gasteiger partial charge in [-0.05, 0) is 32.1 Å². The van der Waals surface area contributed by atoms with Crippen LogP contribution in [0.2, 0.25) is 0 Å². The van der Waals surface area contributed by atoms with E-state index in [0.29, 0.717) is 12.0 Å². The number of likely N-dealkylation sites (tertiary alicyclic amines) is 2. The van der Waals surface area contributed by atoms with E-state index in [1.807, 2.05) is 11.1 Å². The zero-order valence-electron chi connectivity index (χ0n) is 15.8. The fourth-order valence-corrected chi connectivity index (χ4v) is 4.60. The number of piperidine rings is 1. The van der Waals surface area contributed by atoms with Crippen LogP contribution in [0.5, 0.6) is 0 Å². The Labute approximate surface area is 150 Å². The van der Waals surface area contributed by atoms with Crippen LogP contribution >= 0.6 is 0 Å². The highest BCUT2D eigenvalue weighted by Gasteiger charge is 2.50. The molecule has 140 valence electrons. The molecule has 2 saturated heterocycles. The zero-order valence-corrected chi connectivity index (χ0v) is 15.8. The molecule has 1 amide bonds. The Morgan fingerprint density at radius 1 is 1.52 bits per heavy atom. The molecule has 2 N–H and O–H groups in total. The maximum absolute atomic E-state index is 11.7. The number of amides is 1. The first-order chi connectivity index (χ1) is 12.0. The number of carbonyl (C=O) groups excluding carboxylic acids is 1. The number of H-pyrrole nitrogens is 1. The van der Waals surface area contributed by atoms with Gasteiger partial charge in [0.2, 0.25) is 5.91 Å². The number of nitrogens with zero attached hydrogens (tertiary/aromatic N) is 3. The molecule has 0 spiro atoms. The number of aliphatic hydroxyl groups is 1. The minimum absolute atomic E-state index is 0.150. The lowest BCUT2D eigenvalue weighted by Gasteiger charge is -2.40. The second-order valence-corrected chi connectivity index (χ2v) is 8.03. The fourth-order valence-electron chi connectivity index (χ4n) is 4.60. The lowest BCUT2D eigenvalue weighted by Crippen LogP contribution is -2.51. The summed E-state index contributed by atoms with van der Waals surface area (Å²) < 4.78 is 0. The molecule has 3 rings (SSSR count). The molecule has 2 aliphatic rings. The van der Waals surface area contributed by atoms with Crippen molar-refractivity contribution in [2.75, 3.05) is 19.7 Å². The molecular formula is C19H32N4O2. The zero-order chi connectivity index (χ0) is 18.0. The SMILES string of the molecule is CCCCc1ncc(CN2[C@H]3CCN(C(C)=O)C[C@@H]3C[C@]2(C)CO)[nH]1. The quantitative estimate of drug-likeness (QED) is 0.824. The molecule has 0 aliphatic carbocycles. The molecule has 0 saturated carbocycles. The largest absolute Gasteiger partial charge is 0.394 e. The van der Waals surface area contributed by atoms with Crippen LogP contribution in [0, 0.1) is 5.92 Å². The molecule has 1 aromatic heterocycles. The average molecular weight is 348 g/mol. The number of aromatic nitrogens is 2. The normalized spacial score (nSPS) is 29.8. The molecule has 0 aromatic carbocycles. The monoisotopic (exact) mass is 348 g/mol. The van der Waals surface area contributed by atoms with Crippen molar-refractivity contribution >= 4 is 5.91 Å². The number of hydrogen-bond donors (Lipinski definition) is 2. The van der Waals surface area contributed by atoms with Crippen LogP contribution in [-0.2, 0) is 17.8 Å². The van der Waals surface area contributed by atoms with Crippen molar-refractivity contribution in [2.24, 2.45) is 5.92 Å². The van der Waals surface area contributed by atoms with E-state index in [4.69, 9.17) is 0 Å². The lowest BCUT2D eigenvalue weighted by atomic mass is 9.89. The number of nitrogens with one attached hydrogen (secondary N) is 1. The maximum Gasteiger partial charge on any atom is 0.219 e. The molecule has 3 heterocycles. The summed E-state index contributed by atoms with van der Waals surface area (Å²) in [6.07, 6.45) is 7.18. The van der Waals surface area contributed by atoms with E-state index in [2.05, 4.69) is 28.7 Å². The Morgan fingerprint density at radius 2 is 2.32 bits per heavy atom. The predicted molar refractivity (Wildman–Crippen MR) is 97.0 cm³/mol. The summed E-state index contributed by atoms with van der Waals surface area (Å²) in [5.41, 5.74) is 0.900. The molecular weight excluding hydrogens is 316 g/mol. The van der Waals surface area contributed by atoms with Crippen LogP contribution in [0.25, 0.3) is 0 Å². The van der Waals surface area contributed by atoms with Gasteiger partial charge < -0.3 is 15.0 Å². The highest BCUT2D eigenvalue weighted by Crippen LogP contribution is 2.42. The first-order valence-corrected chi connectivity index (χ1v) is 9.62. The number of hydrogen-bond acceptors (Lipinski definition) is 4. The van der Waals surface area contributed by atoms with Gasteiger partial charge in [-0.15, -0.1) is 0 Å². The molecule has 3 atom stereocenters. The first kappa shape index (κ1) is 18.4. The number of fused-ring (bicyclic) bond motifs is 1. The Kier molecular flexibility index (Phi) is 5.49. The Balaban J connectivity index is 1.72. The van der Waals surface area contributed by atoms with Crippen molar-refractivity contribution in [2.45, 2.75) is 71.0 Å². The van der Waals surface area contributed by atoms with E-state index in [9.17, 15) is 9.90 Å². The molecule has 1 aromatic rings. The molecule has 0 unspecified atom stereocenters. The van der Waals surface area contributed by atoms with Gasteiger partial charge in [-0.2, -0.15) is 0 Å². The van der Waals surface area contributed by atoms with Gasteiger partial charge in [0.15, 0.2) is 0 Å². The van der Waals surface area contributed by atoms with Gasteiger partial charge in [0.25, 0.3) is 0 Å². The summed E-state index contributed by atoms with van der Waals surface area (Å²) >= 11 is 0. The molecule has 6 heteroatoms. The van der Waals surface area contributed by atoms with Crippen molar-refractivity contribution in [3.05, 3.63) is 17.7 Å². The summed E-state index contributed by atoms with van der Waals surface area (Å²) in [5.74, 6) is 1.67. The van der Waals surface area contributed by atoms with Gasteiger partial charge >= 0.3 is 0 Å². The number of rotatable bonds is 6. The maximum atomic E-state index is 11.7. The summed E-state index contributed by atoms with van der Waals surface area (Å²) in [6, 6.07) is 0.426. The lowest BCUT2D eigenvalue weighted by molar-refractivity contribution is -0.131. The Hall–Kier alpha value is -1.40. The third-order valence-electron chi connectivity index (χ3n) is 6.06. The smallest absolute Gasteiger partial charge is 0.219 e. The fraction of sp³-hybridized carbons (Fsp3) is 0.789. The van der Waals surface area contributed by atoms with E-state index < -0.39 is 0 Å². The van der Waals surface area contributed by atoms with Gasteiger partial charge in [0, 0.05) is 56.5 Å². The molecule has 25 heavy (non-hydrogen) atoms. The van der Waals surface area contributed by atoms with E-state index >= 15 is 0 Å². The molecule has 0 bridgehead atoms. The second-order valence-electron chi connectivity index (χ2n) is 8.03. The number of unbranched alkanes of at least 4 members (excludes halogenated alkanes) is 1. The van der Waals surface area contributed by atoms with Crippen LogP contribution in [0.15, 0.2) is 6.20 Å². The van der Waals surface area contributed by atoms with Crippen LogP contribution in [0.1, 0.15) is 58.0 Å². The van der Waals surface area contributed by atoms with E-state index in [1.54, 1.807) is 6.92 Å². The summed E-state index contributed by atoms with van der Waals surface area (Å²) in [7, 11) is 0. The van der Waals surface area contributed by atoms with Crippen LogP contribution in [-0.4, -0.2) is 62.1 Å². The summed E-state index contributed by atoms with van der Waals surface area (Å²) in [4.78, 5) is 24.1. The molecule has 2 fully saturated rings. The van der Waals surface area contributed by atoms with Crippen molar-refractivity contribution < 1.29 is 9.90 Å². The van der Waals surface area contributed by atoms with Crippen LogP contribution in [0.3, 0.4) is 0 Å². The molecule has 2 aliphatic heterocycles. The highest BCUT2D eigenvalue weighted by atomic mass is 16.3. The third kappa shape index (κ3) is 3.75. The minimum atomic E-state index is -0.225. The number of carbonyl (C=O) groups is 1. The molecule has 0 radical (unpaired) electrons. The topological polar surface area (TPSA) is 72.5 Å².